The van der Waals surface area contributed by atoms with Crippen molar-refractivity contribution in [1.29, 1.82) is 0 Å². The molecule has 0 radical (unpaired) electrons. The highest BCUT2D eigenvalue weighted by atomic mass is 32.2. The van der Waals surface area contributed by atoms with Crippen LogP contribution in [-0.2, 0) is 28.6 Å². The summed E-state index contributed by atoms with van der Waals surface area (Å²) in [6.45, 7) is 6.46. The molecule has 0 N–H and O–H groups in total. The van der Waals surface area contributed by atoms with Crippen LogP contribution >= 0.6 is 0 Å². The number of unbranched alkanes of at least 4 members (excludes halogenated alkanes) is 2. The second kappa shape index (κ2) is 8.78. The second-order valence-corrected chi connectivity index (χ2v) is 10.5. The van der Waals surface area contributed by atoms with Gasteiger partial charge in [-0.15, -0.1) is 0 Å². The van der Waals surface area contributed by atoms with Gasteiger partial charge in [0, 0.05) is 0 Å². The maximum absolute atomic E-state index is 11.4. The first-order valence-corrected chi connectivity index (χ1v) is 11.3. The van der Waals surface area contributed by atoms with Crippen molar-refractivity contribution in [3.8, 4) is 0 Å². The van der Waals surface area contributed by atoms with Crippen LogP contribution in [-0.4, -0.2) is 40.0 Å². The minimum atomic E-state index is -3.26. The van der Waals surface area contributed by atoms with E-state index in [9.17, 15) is 16.8 Å². The lowest BCUT2D eigenvalue weighted by Crippen LogP contribution is -2.22. The monoisotopic (exact) mass is 370 g/mol. The van der Waals surface area contributed by atoms with Crippen LogP contribution in [0.15, 0.2) is 0 Å². The van der Waals surface area contributed by atoms with Gasteiger partial charge in [-0.3, -0.25) is 8.37 Å². The van der Waals surface area contributed by atoms with Crippen LogP contribution in [0.4, 0.5) is 0 Å². The summed E-state index contributed by atoms with van der Waals surface area (Å²) in [7, 11) is -6.42. The fourth-order valence-corrected chi connectivity index (χ4v) is 4.13. The molecule has 23 heavy (non-hydrogen) atoms. The summed E-state index contributed by atoms with van der Waals surface area (Å²) < 4.78 is 53.9. The van der Waals surface area contributed by atoms with Crippen molar-refractivity contribution >= 4 is 20.2 Å². The summed E-state index contributed by atoms with van der Waals surface area (Å²) in [6, 6.07) is 0. The molecule has 2 fully saturated rings. The van der Waals surface area contributed by atoms with Crippen LogP contribution in [0.3, 0.4) is 0 Å². The lowest BCUT2D eigenvalue weighted by Gasteiger charge is -2.09. The average Bonchev–Trinajstić information content (AvgIpc) is 3.34. The lowest BCUT2D eigenvalue weighted by atomic mass is 10.4. The lowest BCUT2D eigenvalue weighted by molar-refractivity contribution is 0.304. The van der Waals surface area contributed by atoms with E-state index in [1.165, 1.54) is 0 Å². The fourth-order valence-electron chi connectivity index (χ4n) is 1.65. The third-order valence-corrected chi connectivity index (χ3v) is 7.85. The third kappa shape index (κ3) is 7.07. The van der Waals surface area contributed by atoms with E-state index in [1.807, 2.05) is 13.8 Å². The quantitative estimate of drug-likeness (QED) is 0.434. The largest absolute Gasteiger partial charge is 0.272 e. The molecule has 2 aliphatic rings. The predicted molar refractivity (Wildman–Crippen MR) is 90.2 cm³/mol. The van der Waals surface area contributed by atoms with Gasteiger partial charge >= 0.3 is 0 Å². The van der Waals surface area contributed by atoms with Gasteiger partial charge in [0.2, 0.25) is 0 Å². The zero-order valence-electron chi connectivity index (χ0n) is 14.4. The van der Waals surface area contributed by atoms with Crippen molar-refractivity contribution in [3.05, 3.63) is 0 Å². The van der Waals surface area contributed by atoms with Gasteiger partial charge in [0.1, 0.15) is 0 Å². The van der Waals surface area contributed by atoms with Gasteiger partial charge < -0.3 is 0 Å². The van der Waals surface area contributed by atoms with Gasteiger partial charge in [-0.25, -0.2) is 0 Å². The van der Waals surface area contributed by atoms with Gasteiger partial charge in [0.05, 0.1) is 23.2 Å². The van der Waals surface area contributed by atoms with E-state index in [0.717, 1.165) is 51.4 Å². The van der Waals surface area contributed by atoms with Crippen LogP contribution in [0.5, 0.6) is 0 Å². The first-order valence-electron chi connectivity index (χ1n) is 8.45. The Kier molecular flexibility index (Phi) is 7.97. The molecule has 0 bridgehead atoms. The maximum atomic E-state index is 11.4. The molecule has 0 amide bonds. The Morgan fingerprint density at radius 2 is 1.39 bits per heavy atom. The number of hydrogen-bond donors (Lipinski definition) is 0. The Labute approximate surface area is 141 Å². The Hall–Kier alpha value is -0.180. The first kappa shape index (κ1) is 20.9. The third-order valence-electron chi connectivity index (χ3n) is 3.97. The molecule has 0 aliphatic heterocycles. The average molecular weight is 371 g/mol. The SMILES string of the molecule is CCCCOS(=O)(=O)C1(C)CC1.CCCCOS(=O)(=O)C1CC1. The molecular weight excluding hydrogens is 340 g/mol. The standard InChI is InChI=1S/C8H16O3S.C7H14O3S/c1-3-4-7-11-12(9,10)8(2)5-6-8;1-2-3-6-10-11(8,9)7-4-5-7/h3-7H2,1-2H3;7H,2-6H2,1H3. The van der Waals surface area contributed by atoms with Gasteiger partial charge in [-0.2, -0.15) is 16.8 Å². The summed E-state index contributed by atoms with van der Waals surface area (Å²) >= 11 is 0. The normalized spacial score (nSPS) is 19.8. The molecule has 0 aromatic carbocycles. The zero-order valence-corrected chi connectivity index (χ0v) is 16.0. The zero-order chi connectivity index (χ0) is 17.6. The molecule has 8 heteroatoms. The Balaban J connectivity index is 0.000000231. The summed E-state index contributed by atoms with van der Waals surface area (Å²) in [4.78, 5) is 0. The molecule has 0 spiro atoms. The van der Waals surface area contributed by atoms with E-state index in [-0.39, 0.29) is 5.25 Å². The molecule has 6 nitrogen and oxygen atoms in total. The summed E-state index contributed by atoms with van der Waals surface area (Å²) in [5.74, 6) is 0. The van der Waals surface area contributed by atoms with E-state index in [2.05, 4.69) is 0 Å². The molecule has 138 valence electrons. The molecule has 0 saturated heterocycles. The minimum absolute atomic E-state index is 0.181. The van der Waals surface area contributed by atoms with Crippen molar-refractivity contribution < 1.29 is 25.2 Å². The maximum Gasteiger partial charge on any atom is 0.272 e. The van der Waals surface area contributed by atoms with Crippen molar-refractivity contribution in [1.82, 2.24) is 0 Å². The molecule has 2 aliphatic carbocycles. The highest BCUT2D eigenvalue weighted by Crippen LogP contribution is 2.43. The second-order valence-electron chi connectivity index (χ2n) is 6.45. The van der Waals surface area contributed by atoms with Gasteiger partial charge in [-0.1, -0.05) is 26.7 Å². The number of rotatable bonds is 10. The van der Waals surface area contributed by atoms with Crippen LogP contribution in [0, 0.1) is 0 Å². The Morgan fingerprint density at radius 1 is 0.913 bits per heavy atom. The number of hydrogen-bond acceptors (Lipinski definition) is 6. The minimum Gasteiger partial charge on any atom is -0.270 e. The van der Waals surface area contributed by atoms with Crippen LogP contribution in [0.1, 0.15) is 72.1 Å². The molecule has 0 aromatic rings. The van der Waals surface area contributed by atoms with E-state index < -0.39 is 25.0 Å². The van der Waals surface area contributed by atoms with Crippen LogP contribution in [0.2, 0.25) is 0 Å². The van der Waals surface area contributed by atoms with E-state index in [4.69, 9.17) is 8.37 Å². The summed E-state index contributed by atoms with van der Waals surface area (Å²) in [5, 5.41) is -0.181. The highest BCUT2D eigenvalue weighted by molar-refractivity contribution is 7.88. The molecular formula is C15H30O6S2. The molecule has 0 atom stereocenters. The van der Waals surface area contributed by atoms with E-state index in [1.54, 1.807) is 6.92 Å². The van der Waals surface area contributed by atoms with Crippen molar-refractivity contribution in [2.45, 2.75) is 82.1 Å². The fraction of sp³-hybridized carbons (Fsp3) is 1.00. The Morgan fingerprint density at radius 3 is 1.78 bits per heavy atom. The topological polar surface area (TPSA) is 86.7 Å². The van der Waals surface area contributed by atoms with E-state index in [0.29, 0.717) is 13.2 Å². The first-order chi connectivity index (χ1) is 10.7. The molecule has 0 heterocycles. The summed E-state index contributed by atoms with van der Waals surface area (Å²) in [6.07, 6.45) is 6.65. The van der Waals surface area contributed by atoms with Crippen LogP contribution in [0.25, 0.3) is 0 Å². The molecule has 2 saturated carbocycles. The Bertz CT molecular complexity index is 545. The van der Waals surface area contributed by atoms with E-state index >= 15 is 0 Å². The van der Waals surface area contributed by atoms with Gasteiger partial charge in [-0.05, 0) is 45.4 Å². The van der Waals surface area contributed by atoms with Gasteiger partial charge in [0.25, 0.3) is 20.2 Å². The predicted octanol–water partition coefficient (Wildman–Crippen LogP) is 2.98. The molecule has 2 rings (SSSR count). The van der Waals surface area contributed by atoms with Crippen LogP contribution < -0.4 is 0 Å². The molecule has 0 unspecified atom stereocenters. The van der Waals surface area contributed by atoms with Gasteiger partial charge in [0.15, 0.2) is 0 Å². The van der Waals surface area contributed by atoms with Crippen molar-refractivity contribution in [2.24, 2.45) is 0 Å². The smallest absolute Gasteiger partial charge is 0.270 e. The highest BCUT2D eigenvalue weighted by Gasteiger charge is 2.50. The van der Waals surface area contributed by atoms with Crippen molar-refractivity contribution in [3.63, 3.8) is 0 Å². The summed E-state index contributed by atoms with van der Waals surface area (Å²) in [5.41, 5.74) is 0. The van der Waals surface area contributed by atoms with Crippen molar-refractivity contribution in [2.75, 3.05) is 13.2 Å². The molecule has 0 aromatic heterocycles.